The lowest BCUT2D eigenvalue weighted by atomic mass is 10.0. The molecular weight excluding hydrogens is 196 g/mol. The molecule has 1 unspecified atom stereocenters. The predicted molar refractivity (Wildman–Crippen MR) is 72.7 cm³/mol. The molecular formula is C14H24N2. The number of nitrogen functional groups attached to an aromatic ring is 1. The first-order valence-corrected chi connectivity index (χ1v) is 6.31. The van der Waals surface area contributed by atoms with Gasteiger partial charge in [0.1, 0.15) is 0 Å². The highest BCUT2D eigenvalue weighted by molar-refractivity contribution is 5.50. The zero-order valence-electron chi connectivity index (χ0n) is 10.5. The van der Waals surface area contributed by atoms with E-state index < -0.39 is 0 Å². The van der Waals surface area contributed by atoms with Gasteiger partial charge in [0.2, 0.25) is 0 Å². The van der Waals surface area contributed by atoms with Gasteiger partial charge in [-0.15, -0.1) is 0 Å². The summed E-state index contributed by atoms with van der Waals surface area (Å²) in [4.78, 5) is 0. The van der Waals surface area contributed by atoms with Gasteiger partial charge in [0.15, 0.2) is 0 Å². The Morgan fingerprint density at radius 3 is 2.50 bits per heavy atom. The maximum atomic E-state index is 5.62. The van der Waals surface area contributed by atoms with Crippen LogP contribution in [0, 0.1) is 5.92 Å². The topological polar surface area (TPSA) is 38.0 Å². The number of nitrogens with two attached hydrogens (primary N) is 1. The number of rotatable bonds is 7. The van der Waals surface area contributed by atoms with E-state index in [2.05, 4.69) is 19.2 Å². The highest BCUT2D eigenvalue weighted by Crippen LogP contribution is 2.13. The van der Waals surface area contributed by atoms with E-state index in [-0.39, 0.29) is 0 Å². The van der Waals surface area contributed by atoms with E-state index in [1.807, 2.05) is 24.3 Å². The highest BCUT2D eigenvalue weighted by Gasteiger charge is 1.98. The number of benzene rings is 1. The fourth-order valence-electron chi connectivity index (χ4n) is 1.66. The van der Waals surface area contributed by atoms with Crippen molar-refractivity contribution in [3.8, 4) is 0 Å². The first-order chi connectivity index (χ1) is 7.72. The molecule has 2 nitrogen and oxygen atoms in total. The molecule has 90 valence electrons. The van der Waals surface area contributed by atoms with Crippen LogP contribution in [0.2, 0.25) is 0 Å². The van der Waals surface area contributed by atoms with Crippen LogP contribution in [0.5, 0.6) is 0 Å². The van der Waals surface area contributed by atoms with Gasteiger partial charge in [0.25, 0.3) is 0 Å². The maximum absolute atomic E-state index is 5.62. The van der Waals surface area contributed by atoms with Crippen molar-refractivity contribution in [1.82, 2.24) is 0 Å². The lowest BCUT2D eigenvalue weighted by molar-refractivity contribution is 0.489. The van der Waals surface area contributed by atoms with Crippen LogP contribution in [0.25, 0.3) is 0 Å². The molecule has 16 heavy (non-hydrogen) atoms. The summed E-state index contributed by atoms with van der Waals surface area (Å²) in [5.41, 5.74) is 7.61. The molecule has 1 aromatic carbocycles. The second-order valence-corrected chi connectivity index (χ2v) is 4.56. The zero-order valence-corrected chi connectivity index (χ0v) is 10.5. The lowest BCUT2D eigenvalue weighted by Crippen LogP contribution is -2.02. The molecule has 0 aliphatic carbocycles. The first-order valence-electron chi connectivity index (χ1n) is 6.31. The number of anilines is 2. The van der Waals surface area contributed by atoms with Gasteiger partial charge in [-0.3, -0.25) is 0 Å². The Balaban J connectivity index is 2.09. The summed E-state index contributed by atoms with van der Waals surface area (Å²) in [6, 6.07) is 7.93. The summed E-state index contributed by atoms with van der Waals surface area (Å²) in [6.07, 6.45) is 5.21. The van der Waals surface area contributed by atoms with E-state index >= 15 is 0 Å². The molecule has 1 rings (SSSR count). The minimum absolute atomic E-state index is 0.822. The van der Waals surface area contributed by atoms with Crippen LogP contribution >= 0.6 is 0 Å². The van der Waals surface area contributed by atoms with Gasteiger partial charge in [-0.05, 0) is 36.6 Å². The van der Waals surface area contributed by atoms with Crippen LogP contribution in [0.4, 0.5) is 11.4 Å². The van der Waals surface area contributed by atoms with Crippen molar-refractivity contribution in [3.63, 3.8) is 0 Å². The van der Waals surface area contributed by atoms with Crippen molar-refractivity contribution in [2.75, 3.05) is 17.6 Å². The second-order valence-electron chi connectivity index (χ2n) is 4.56. The third kappa shape index (κ3) is 5.06. The van der Waals surface area contributed by atoms with Crippen LogP contribution in [-0.4, -0.2) is 6.54 Å². The second kappa shape index (κ2) is 7.15. The van der Waals surface area contributed by atoms with Gasteiger partial charge in [-0.1, -0.05) is 33.1 Å². The molecule has 0 saturated carbocycles. The monoisotopic (exact) mass is 220 g/mol. The maximum Gasteiger partial charge on any atom is 0.0341 e. The summed E-state index contributed by atoms with van der Waals surface area (Å²) < 4.78 is 0. The van der Waals surface area contributed by atoms with Gasteiger partial charge in [0, 0.05) is 17.9 Å². The SMILES string of the molecule is CCC(C)CCCCNc1ccc(N)cc1. The minimum atomic E-state index is 0.822. The van der Waals surface area contributed by atoms with E-state index in [4.69, 9.17) is 5.73 Å². The molecule has 0 fully saturated rings. The largest absolute Gasteiger partial charge is 0.399 e. The Bertz CT molecular complexity index is 279. The fraction of sp³-hybridized carbons (Fsp3) is 0.571. The third-order valence-electron chi connectivity index (χ3n) is 3.06. The number of unbranched alkanes of at least 4 members (excludes halogenated alkanes) is 1. The number of nitrogens with one attached hydrogen (secondary N) is 1. The van der Waals surface area contributed by atoms with E-state index in [1.54, 1.807) is 0 Å². The molecule has 0 amide bonds. The molecule has 0 bridgehead atoms. The van der Waals surface area contributed by atoms with Crippen LogP contribution in [-0.2, 0) is 0 Å². The summed E-state index contributed by atoms with van der Waals surface area (Å²) in [6.45, 7) is 5.64. The Hall–Kier alpha value is -1.18. The Kier molecular flexibility index (Phi) is 5.76. The van der Waals surface area contributed by atoms with E-state index in [9.17, 15) is 0 Å². The van der Waals surface area contributed by atoms with Crippen molar-refractivity contribution < 1.29 is 0 Å². The lowest BCUT2D eigenvalue weighted by Gasteiger charge is -2.09. The molecule has 0 aromatic heterocycles. The van der Waals surface area contributed by atoms with Gasteiger partial charge in [-0.25, -0.2) is 0 Å². The summed E-state index contributed by atoms with van der Waals surface area (Å²) >= 11 is 0. The summed E-state index contributed by atoms with van der Waals surface area (Å²) in [5, 5.41) is 3.41. The van der Waals surface area contributed by atoms with E-state index in [0.29, 0.717) is 0 Å². The van der Waals surface area contributed by atoms with Crippen molar-refractivity contribution in [1.29, 1.82) is 0 Å². The third-order valence-corrected chi connectivity index (χ3v) is 3.06. The van der Waals surface area contributed by atoms with Gasteiger partial charge in [-0.2, -0.15) is 0 Å². The molecule has 1 atom stereocenters. The van der Waals surface area contributed by atoms with Crippen LogP contribution in [0.1, 0.15) is 39.5 Å². The summed E-state index contributed by atoms with van der Waals surface area (Å²) in [5.74, 6) is 0.872. The zero-order chi connectivity index (χ0) is 11.8. The fourth-order valence-corrected chi connectivity index (χ4v) is 1.66. The molecule has 0 spiro atoms. The average Bonchev–Trinajstić information content (AvgIpc) is 2.31. The van der Waals surface area contributed by atoms with Gasteiger partial charge >= 0.3 is 0 Å². The van der Waals surface area contributed by atoms with Crippen molar-refractivity contribution in [3.05, 3.63) is 24.3 Å². The van der Waals surface area contributed by atoms with Crippen molar-refractivity contribution in [2.24, 2.45) is 5.92 Å². The molecule has 3 N–H and O–H groups in total. The quantitative estimate of drug-likeness (QED) is 0.540. The molecule has 0 heterocycles. The van der Waals surface area contributed by atoms with Gasteiger partial charge in [0.05, 0.1) is 0 Å². The molecule has 1 aromatic rings. The smallest absolute Gasteiger partial charge is 0.0341 e. The normalized spacial score (nSPS) is 12.4. The molecule has 0 aliphatic heterocycles. The average molecular weight is 220 g/mol. The summed E-state index contributed by atoms with van der Waals surface area (Å²) in [7, 11) is 0. The molecule has 2 heteroatoms. The molecule has 0 radical (unpaired) electrons. The molecule has 0 aliphatic rings. The number of hydrogen-bond acceptors (Lipinski definition) is 2. The Labute approximate surface area is 99.2 Å². The Morgan fingerprint density at radius 1 is 1.19 bits per heavy atom. The van der Waals surface area contributed by atoms with Crippen LogP contribution in [0.3, 0.4) is 0 Å². The minimum Gasteiger partial charge on any atom is -0.399 e. The first kappa shape index (κ1) is 12.9. The highest BCUT2D eigenvalue weighted by atomic mass is 14.9. The molecule has 0 saturated heterocycles. The van der Waals surface area contributed by atoms with Gasteiger partial charge < -0.3 is 11.1 Å². The standard InChI is InChI=1S/C14H24N2/c1-3-12(2)6-4-5-11-16-14-9-7-13(15)8-10-14/h7-10,12,16H,3-6,11,15H2,1-2H3. The van der Waals surface area contributed by atoms with E-state index in [0.717, 1.165) is 23.8 Å². The van der Waals surface area contributed by atoms with Crippen LogP contribution < -0.4 is 11.1 Å². The van der Waals surface area contributed by atoms with Crippen molar-refractivity contribution >= 4 is 11.4 Å². The predicted octanol–water partition coefficient (Wildman–Crippen LogP) is 3.90. The van der Waals surface area contributed by atoms with E-state index in [1.165, 1.54) is 25.7 Å². The number of hydrogen-bond donors (Lipinski definition) is 2. The van der Waals surface area contributed by atoms with Crippen LogP contribution in [0.15, 0.2) is 24.3 Å². The Morgan fingerprint density at radius 2 is 1.88 bits per heavy atom. The van der Waals surface area contributed by atoms with Crippen molar-refractivity contribution in [2.45, 2.75) is 39.5 Å².